The van der Waals surface area contributed by atoms with Crippen LogP contribution in [0.5, 0.6) is 0 Å². The van der Waals surface area contributed by atoms with Crippen LogP contribution in [0.1, 0.15) is 155 Å². The minimum Gasteiger partial charge on any atom is -0.0654 e. The molecule has 0 aromatic heterocycles. The van der Waals surface area contributed by atoms with E-state index in [1.807, 2.05) is 0 Å². The van der Waals surface area contributed by atoms with Gasteiger partial charge >= 0.3 is 0 Å². The fourth-order valence-corrected chi connectivity index (χ4v) is 5.54. The summed E-state index contributed by atoms with van der Waals surface area (Å²) in [6, 6.07) is 0. The summed E-state index contributed by atoms with van der Waals surface area (Å²) in [4.78, 5) is 0. The lowest BCUT2D eigenvalue weighted by molar-refractivity contribution is 0.519. The number of hydrogen-bond acceptors (Lipinski definition) is 0. The van der Waals surface area contributed by atoms with Gasteiger partial charge in [0.15, 0.2) is 0 Å². The third-order valence-electron chi connectivity index (χ3n) is 6.43. The summed E-state index contributed by atoms with van der Waals surface area (Å²) in [6.45, 7) is 9.74. The van der Waals surface area contributed by atoms with Gasteiger partial charge in [0.1, 0.15) is 0 Å². The van der Waals surface area contributed by atoms with Gasteiger partial charge in [0.05, 0.1) is 6.16 Å². The zero-order valence-corrected chi connectivity index (χ0v) is 22.3. The summed E-state index contributed by atoms with van der Waals surface area (Å²) in [5, 5.41) is 0. The maximum atomic E-state index is 2.48. The van der Waals surface area contributed by atoms with Gasteiger partial charge in [0.25, 0.3) is 0 Å². The fourth-order valence-electron chi connectivity index (χ4n) is 4.37. The summed E-state index contributed by atoms with van der Waals surface area (Å²) in [6.07, 6.45) is 35.6. The third kappa shape index (κ3) is 28.4. The molecule has 0 N–H and O–H groups in total. The molecule has 29 heavy (non-hydrogen) atoms. The van der Waals surface area contributed by atoms with E-state index in [0.29, 0.717) is 0 Å². The molecule has 0 fully saturated rings. The van der Waals surface area contributed by atoms with Gasteiger partial charge in [-0.1, -0.05) is 142 Å². The van der Waals surface area contributed by atoms with Gasteiger partial charge in [-0.15, -0.1) is 0 Å². The lowest BCUT2D eigenvalue weighted by atomic mass is 10.0. The average molecular weight is 428 g/mol. The van der Waals surface area contributed by atoms with Crippen molar-refractivity contribution < 1.29 is 0 Å². The minimum atomic E-state index is -0.513. The van der Waals surface area contributed by atoms with Crippen LogP contribution < -0.4 is 0 Å². The van der Waals surface area contributed by atoms with Gasteiger partial charge < -0.3 is 0 Å². The maximum Gasteiger partial charge on any atom is 0.0586 e. The van der Waals surface area contributed by atoms with Crippen molar-refractivity contribution in [2.24, 2.45) is 0 Å². The van der Waals surface area contributed by atoms with E-state index in [0.717, 1.165) is 0 Å². The molecule has 0 saturated carbocycles. The summed E-state index contributed by atoms with van der Waals surface area (Å²) < 4.78 is 0. The summed E-state index contributed by atoms with van der Waals surface area (Å²) in [5.41, 5.74) is 0. The van der Waals surface area contributed by atoms with E-state index < -0.39 is 7.26 Å². The van der Waals surface area contributed by atoms with Gasteiger partial charge in [0.2, 0.25) is 0 Å². The Morgan fingerprint density at radius 3 is 0.724 bits per heavy atom. The normalized spacial score (nSPS) is 12.0. The van der Waals surface area contributed by atoms with Crippen molar-refractivity contribution in [3.05, 3.63) is 0 Å². The van der Waals surface area contributed by atoms with Crippen LogP contribution in [0.2, 0.25) is 0 Å². The summed E-state index contributed by atoms with van der Waals surface area (Å²) in [7, 11) is -0.513. The van der Waals surface area contributed by atoms with Crippen LogP contribution in [0.4, 0.5) is 0 Å². The molecule has 0 aromatic carbocycles. The Balaban J connectivity index is 3.02. The fraction of sp³-hybridized carbons (Fsp3) is 1.00. The third-order valence-corrected chi connectivity index (χ3v) is 8.09. The van der Waals surface area contributed by atoms with E-state index in [1.54, 1.807) is 0 Å². The molecule has 176 valence electrons. The zero-order chi connectivity index (χ0) is 21.5. The van der Waals surface area contributed by atoms with E-state index >= 15 is 0 Å². The second kappa shape index (κ2) is 23.1. The quantitative estimate of drug-likeness (QED) is 0.106. The minimum absolute atomic E-state index is 0.513. The van der Waals surface area contributed by atoms with Gasteiger partial charge in [0, 0.05) is 27.3 Å². The predicted molar refractivity (Wildman–Crippen MR) is 141 cm³/mol. The Kier molecular flexibility index (Phi) is 23.4. The Morgan fingerprint density at radius 2 is 0.517 bits per heavy atom. The molecule has 0 rings (SSSR count). The Morgan fingerprint density at radius 1 is 0.310 bits per heavy atom. The molecule has 0 atom stereocenters. The molecule has 0 nitrogen and oxygen atoms in total. The van der Waals surface area contributed by atoms with Crippen LogP contribution in [0, 0.1) is 0 Å². The molecule has 0 aromatic rings. The van der Waals surface area contributed by atoms with Crippen LogP contribution in [0.25, 0.3) is 0 Å². The highest BCUT2D eigenvalue weighted by atomic mass is 31.2. The van der Waals surface area contributed by atoms with Crippen molar-refractivity contribution in [1.82, 2.24) is 0 Å². The smallest absolute Gasteiger partial charge is 0.0586 e. The van der Waals surface area contributed by atoms with Gasteiger partial charge in [-0.2, -0.15) is 0 Å². The molecular formula is C28H60P+. The summed E-state index contributed by atoms with van der Waals surface area (Å²) in [5.74, 6) is 0. The number of unbranched alkanes of at least 4 members (excludes halogenated alkanes) is 22. The van der Waals surface area contributed by atoms with E-state index in [4.69, 9.17) is 0 Å². The van der Waals surface area contributed by atoms with Gasteiger partial charge in [-0.05, 0) is 12.8 Å². The predicted octanol–water partition coefficient (Wildman–Crippen LogP) is 10.9. The van der Waals surface area contributed by atoms with E-state index in [-0.39, 0.29) is 0 Å². The standard InChI is InChI=1S/C28H60P/c1-5-6-7-8-9-10-11-12-13-14-15-16-17-18-19-20-21-22-23-24-25-26-27-28-29(2,3)4/h5-28H2,1-4H3/q+1. The van der Waals surface area contributed by atoms with Crippen molar-refractivity contribution in [3.63, 3.8) is 0 Å². The molecule has 1 heteroatoms. The van der Waals surface area contributed by atoms with E-state index in [1.165, 1.54) is 154 Å². The molecule has 0 aliphatic carbocycles. The molecule has 0 bridgehead atoms. The molecule has 0 saturated heterocycles. The molecule has 0 aliphatic heterocycles. The van der Waals surface area contributed by atoms with Crippen molar-refractivity contribution in [2.45, 2.75) is 155 Å². The summed E-state index contributed by atoms with van der Waals surface area (Å²) >= 11 is 0. The first kappa shape index (κ1) is 29.4. The lowest BCUT2D eigenvalue weighted by Crippen LogP contribution is -1.93. The lowest BCUT2D eigenvalue weighted by Gasteiger charge is -2.10. The van der Waals surface area contributed by atoms with Crippen LogP contribution in [-0.4, -0.2) is 26.2 Å². The highest BCUT2D eigenvalue weighted by Gasteiger charge is 2.15. The SMILES string of the molecule is CCCCCCCCCCCCCCCCCCCCCCCCC[P+](C)(C)C. The Hall–Kier alpha value is 0.430. The van der Waals surface area contributed by atoms with Crippen molar-refractivity contribution in [2.75, 3.05) is 26.2 Å². The van der Waals surface area contributed by atoms with E-state index in [2.05, 4.69) is 26.9 Å². The molecule has 0 heterocycles. The second-order valence-corrected chi connectivity index (χ2v) is 15.8. The topological polar surface area (TPSA) is 0 Å². The maximum absolute atomic E-state index is 2.48. The first-order chi connectivity index (χ1) is 14.1. The van der Waals surface area contributed by atoms with Crippen molar-refractivity contribution in [3.8, 4) is 0 Å². The van der Waals surface area contributed by atoms with Crippen LogP contribution in [0.3, 0.4) is 0 Å². The number of hydrogen-bond donors (Lipinski definition) is 0. The molecule has 0 aliphatic rings. The second-order valence-electron chi connectivity index (χ2n) is 10.8. The molecule has 0 radical (unpaired) electrons. The van der Waals surface area contributed by atoms with Crippen molar-refractivity contribution >= 4 is 7.26 Å². The highest BCUT2D eigenvalue weighted by molar-refractivity contribution is 7.73. The van der Waals surface area contributed by atoms with Gasteiger partial charge in [-0.25, -0.2) is 0 Å². The molecule has 0 amide bonds. The number of rotatable bonds is 24. The highest BCUT2D eigenvalue weighted by Crippen LogP contribution is 2.47. The monoisotopic (exact) mass is 427 g/mol. The first-order valence-electron chi connectivity index (χ1n) is 13.9. The van der Waals surface area contributed by atoms with E-state index in [9.17, 15) is 0 Å². The van der Waals surface area contributed by atoms with Crippen LogP contribution in [0.15, 0.2) is 0 Å². The van der Waals surface area contributed by atoms with Crippen LogP contribution in [-0.2, 0) is 0 Å². The van der Waals surface area contributed by atoms with Crippen molar-refractivity contribution in [1.29, 1.82) is 0 Å². The Bertz CT molecular complexity index is 291. The Labute approximate surface area is 188 Å². The molecular weight excluding hydrogens is 367 g/mol. The largest absolute Gasteiger partial charge is 0.0654 e. The zero-order valence-electron chi connectivity index (χ0n) is 21.4. The molecule has 0 spiro atoms. The van der Waals surface area contributed by atoms with Gasteiger partial charge in [-0.3, -0.25) is 0 Å². The molecule has 0 unspecified atom stereocenters. The average Bonchev–Trinajstić information content (AvgIpc) is 2.67. The van der Waals surface area contributed by atoms with Crippen LogP contribution >= 0.6 is 7.26 Å². The first-order valence-corrected chi connectivity index (χ1v) is 17.2.